The van der Waals surface area contributed by atoms with E-state index in [1.807, 2.05) is 11.8 Å². The summed E-state index contributed by atoms with van der Waals surface area (Å²) in [7, 11) is 0. The Morgan fingerprint density at radius 3 is 2.77 bits per heavy atom. The fraction of sp³-hybridized carbons (Fsp3) is 0.667. The number of piperazine rings is 1. The van der Waals surface area contributed by atoms with Crippen LogP contribution in [-0.4, -0.2) is 76.6 Å². The highest BCUT2D eigenvalue weighted by atomic mass is 127. The summed E-state index contributed by atoms with van der Waals surface area (Å²) in [5, 5.41) is 3.33. The Morgan fingerprint density at radius 1 is 1.27 bits per heavy atom. The molecule has 1 aromatic carbocycles. The average Bonchev–Trinajstić information content (AvgIpc) is 3.25. The molecule has 0 aliphatic carbocycles. The number of rotatable bonds is 8. The summed E-state index contributed by atoms with van der Waals surface area (Å²) < 4.78 is 38.6. The van der Waals surface area contributed by atoms with Gasteiger partial charge in [0.1, 0.15) is 11.6 Å². The molecule has 170 valence electrons. The van der Waals surface area contributed by atoms with Crippen molar-refractivity contribution in [2.24, 2.45) is 10.9 Å². The molecule has 3 rings (SSSR count). The van der Waals surface area contributed by atoms with Crippen LogP contribution in [0.5, 0.6) is 0 Å². The van der Waals surface area contributed by atoms with Gasteiger partial charge < -0.3 is 24.6 Å². The van der Waals surface area contributed by atoms with E-state index < -0.39 is 5.82 Å². The Hall–Kier alpha value is -1.20. The standard InChI is InChI=1S/C21H32F2N4O2.HI/c1-2-24-21(25-7-3-12-28-15-17-6-13-29-16-17)27-10-8-26(9-11-27)20-14-18(22)4-5-19(20)23;/h4-5,14,17H,2-3,6-13,15-16H2,1H3,(H,24,25);1H. The minimum Gasteiger partial charge on any atom is -0.381 e. The maximum absolute atomic E-state index is 14.0. The zero-order valence-corrected chi connectivity index (χ0v) is 19.9. The lowest BCUT2D eigenvalue weighted by molar-refractivity contribution is 0.0893. The van der Waals surface area contributed by atoms with Gasteiger partial charge in [-0.05, 0) is 31.9 Å². The highest BCUT2D eigenvalue weighted by Gasteiger charge is 2.22. The predicted molar refractivity (Wildman–Crippen MR) is 126 cm³/mol. The molecule has 6 nitrogen and oxygen atoms in total. The van der Waals surface area contributed by atoms with Gasteiger partial charge >= 0.3 is 0 Å². The van der Waals surface area contributed by atoms with E-state index >= 15 is 0 Å². The molecule has 1 N–H and O–H groups in total. The fourth-order valence-electron chi connectivity index (χ4n) is 3.63. The number of hydrogen-bond donors (Lipinski definition) is 1. The van der Waals surface area contributed by atoms with Crippen LogP contribution < -0.4 is 10.2 Å². The van der Waals surface area contributed by atoms with Gasteiger partial charge in [-0.3, -0.25) is 4.99 Å². The first-order chi connectivity index (χ1) is 14.2. The Kier molecular flexibility index (Phi) is 11.1. The second-order valence-corrected chi connectivity index (χ2v) is 7.46. The third kappa shape index (κ3) is 7.49. The quantitative estimate of drug-likeness (QED) is 0.239. The number of aliphatic imine (C=N–C) groups is 1. The lowest BCUT2D eigenvalue weighted by atomic mass is 10.1. The highest BCUT2D eigenvalue weighted by Crippen LogP contribution is 2.22. The van der Waals surface area contributed by atoms with Crippen molar-refractivity contribution in [1.82, 2.24) is 10.2 Å². The second kappa shape index (κ2) is 13.3. The smallest absolute Gasteiger partial charge is 0.194 e. The van der Waals surface area contributed by atoms with E-state index in [4.69, 9.17) is 14.5 Å². The third-order valence-electron chi connectivity index (χ3n) is 5.25. The molecule has 30 heavy (non-hydrogen) atoms. The summed E-state index contributed by atoms with van der Waals surface area (Å²) in [6, 6.07) is 3.60. The minimum atomic E-state index is -0.415. The van der Waals surface area contributed by atoms with Gasteiger partial charge in [-0.25, -0.2) is 8.78 Å². The zero-order valence-electron chi connectivity index (χ0n) is 17.6. The van der Waals surface area contributed by atoms with E-state index in [2.05, 4.69) is 10.2 Å². The molecule has 1 unspecified atom stereocenters. The molecule has 1 aromatic rings. The molecule has 0 spiro atoms. The van der Waals surface area contributed by atoms with Crippen molar-refractivity contribution in [2.75, 3.05) is 70.6 Å². The van der Waals surface area contributed by atoms with E-state index in [9.17, 15) is 8.78 Å². The Bertz CT molecular complexity index is 666. The zero-order chi connectivity index (χ0) is 20.5. The molecule has 0 amide bonds. The molecule has 2 heterocycles. The first-order valence-electron chi connectivity index (χ1n) is 10.6. The minimum absolute atomic E-state index is 0. The first kappa shape index (κ1) is 25.1. The SMILES string of the molecule is CCNC(=NCCCOCC1CCOC1)N1CCN(c2cc(F)ccc2F)CC1.I. The van der Waals surface area contributed by atoms with Crippen molar-refractivity contribution < 1.29 is 18.3 Å². The highest BCUT2D eigenvalue weighted by molar-refractivity contribution is 14.0. The molecule has 0 aromatic heterocycles. The van der Waals surface area contributed by atoms with Crippen LogP contribution in [0.4, 0.5) is 14.5 Å². The van der Waals surface area contributed by atoms with Crippen molar-refractivity contribution in [2.45, 2.75) is 19.8 Å². The second-order valence-electron chi connectivity index (χ2n) is 7.46. The van der Waals surface area contributed by atoms with Gasteiger partial charge in [0.25, 0.3) is 0 Å². The predicted octanol–water partition coefficient (Wildman–Crippen LogP) is 3.11. The molecule has 2 aliphatic rings. The van der Waals surface area contributed by atoms with Crippen molar-refractivity contribution in [3.8, 4) is 0 Å². The van der Waals surface area contributed by atoms with Crippen LogP contribution in [0.1, 0.15) is 19.8 Å². The molecular weight excluding hydrogens is 505 g/mol. The number of nitrogens with zero attached hydrogens (tertiary/aromatic N) is 3. The largest absolute Gasteiger partial charge is 0.381 e. The maximum Gasteiger partial charge on any atom is 0.194 e. The normalized spacial score (nSPS) is 19.7. The van der Waals surface area contributed by atoms with Gasteiger partial charge in [0.05, 0.1) is 18.9 Å². The molecule has 2 fully saturated rings. The summed E-state index contributed by atoms with van der Waals surface area (Å²) in [6.45, 7) is 9.32. The van der Waals surface area contributed by atoms with Crippen LogP contribution in [0.15, 0.2) is 23.2 Å². The van der Waals surface area contributed by atoms with Crippen LogP contribution in [0.3, 0.4) is 0 Å². The monoisotopic (exact) mass is 538 g/mol. The molecule has 0 saturated carbocycles. The summed E-state index contributed by atoms with van der Waals surface area (Å²) >= 11 is 0. The summed E-state index contributed by atoms with van der Waals surface area (Å²) in [6.07, 6.45) is 1.96. The molecule has 2 aliphatic heterocycles. The van der Waals surface area contributed by atoms with E-state index in [0.717, 1.165) is 51.2 Å². The van der Waals surface area contributed by atoms with Crippen molar-refractivity contribution in [3.63, 3.8) is 0 Å². The number of hydrogen-bond acceptors (Lipinski definition) is 4. The van der Waals surface area contributed by atoms with E-state index in [1.165, 1.54) is 12.1 Å². The van der Waals surface area contributed by atoms with E-state index in [-0.39, 0.29) is 29.8 Å². The first-order valence-corrected chi connectivity index (χ1v) is 10.6. The van der Waals surface area contributed by atoms with Crippen LogP contribution in [0.2, 0.25) is 0 Å². The number of guanidine groups is 1. The summed E-state index contributed by atoms with van der Waals surface area (Å²) in [5.74, 6) is 0.608. The average molecular weight is 538 g/mol. The van der Waals surface area contributed by atoms with Crippen LogP contribution >= 0.6 is 24.0 Å². The summed E-state index contributed by atoms with van der Waals surface area (Å²) in [4.78, 5) is 8.77. The number of halogens is 3. The van der Waals surface area contributed by atoms with Crippen LogP contribution in [0, 0.1) is 17.6 Å². The molecule has 0 radical (unpaired) electrons. The third-order valence-corrected chi connectivity index (χ3v) is 5.25. The van der Waals surface area contributed by atoms with Gasteiger partial charge in [0.15, 0.2) is 5.96 Å². The van der Waals surface area contributed by atoms with Crippen molar-refractivity contribution in [3.05, 3.63) is 29.8 Å². The van der Waals surface area contributed by atoms with Gasteiger partial charge in [0.2, 0.25) is 0 Å². The van der Waals surface area contributed by atoms with Gasteiger partial charge in [0, 0.05) is 64.5 Å². The fourth-order valence-corrected chi connectivity index (χ4v) is 3.63. The van der Waals surface area contributed by atoms with Crippen molar-refractivity contribution >= 4 is 35.6 Å². The lowest BCUT2D eigenvalue weighted by Gasteiger charge is -2.37. The van der Waals surface area contributed by atoms with E-state index in [0.29, 0.717) is 50.9 Å². The van der Waals surface area contributed by atoms with Gasteiger partial charge in [-0.2, -0.15) is 0 Å². The molecular formula is C21H33F2IN4O2. The molecule has 1 atom stereocenters. The van der Waals surface area contributed by atoms with Gasteiger partial charge in [-0.15, -0.1) is 24.0 Å². The van der Waals surface area contributed by atoms with Crippen LogP contribution in [-0.2, 0) is 9.47 Å². The number of nitrogens with one attached hydrogen (secondary N) is 1. The molecule has 0 bridgehead atoms. The number of ether oxygens (including phenoxy) is 2. The maximum atomic E-state index is 14.0. The van der Waals surface area contributed by atoms with Crippen LogP contribution in [0.25, 0.3) is 0 Å². The molecule has 2 saturated heterocycles. The Morgan fingerprint density at radius 2 is 2.07 bits per heavy atom. The van der Waals surface area contributed by atoms with Crippen molar-refractivity contribution in [1.29, 1.82) is 0 Å². The van der Waals surface area contributed by atoms with Gasteiger partial charge in [-0.1, -0.05) is 0 Å². The van der Waals surface area contributed by atoms with E-state index in [1.54, 1.807) is 0 Å². The Balaban J connectivity index is 0.00000320. The topological polar surface area (TPSA) is 49.3 Å². The molecule has 9 heteroatoms. The number of anilines is 1. The lowest BCUT2D eigenvalue weighted by Crippen LogP contribution is -2.52. The number of benzene rings is 1. The Labute approximate surface area is 195 Å². The summed E-state index contributed by atoms with van der Waals surface area (Å²) in [5.41, 5.74) is 0.330.